The second-order valence-corrected chi connectivity index (χ2v) is 8.34. The molecule has 1 saturated heterocycles. The van der Waals surface area contributed by atoms with Crippen LogP contribution in [0.1, 0.15) is 60.8 Å². The number of piperidine rings is 1. The molecule has 1 aliphatic rings. The summed E-state index contributed by atoms with van der Waals surface area (Å²) in [7, 11) is 0. The van der Waals surface area contributed by atoms with Crippen LogP contribution < -0.4 is 0 Å². The Kier molecular flexibility index (Phi) is 6.63. The molecule has 0 aromatic heterocycles. The number of aliphatic hydroxyl groups is 1. The maximum Gasteiger partial charge on any atom is 0.306 e. The van der Waals surface area contributed by atoms with Crippen LogP contribution in [0.3, 0.4) is 0 Å². The van der Waals surface area contributed by atoms with Crippen molar-refractivity contribution in [3.8, 4) is 0 Å². The molecule has 0 bridgehead atoms. The molecule has 0 aromatic rings. The number of carbonyl (C=O) groups excluding carboxylic acids is 2. The van der Waals surface area contributed by atoms with Gasteiger partial charge in [0.15, 0.2) is 0 Å². The molecule has 1 atom stereocenters. The molecule has 1 unspecified atom stereocenters. The van der Waals surface area contributed by atoms with Crippen molar-refractivity contribution in [2.45, 2.75) is 66.4 Å². The first-order valence-corrected chi connectivity index (χ1v) is 8.62. The average Bonchev–Trinajstić information content (AvgIpc) is 2.38. The van der Waals surface area contributed by atoms with E-state index in [-0.39, 0.29) is 24.4 Å². The number of ether oxygens (including phenoxy) is 1. The van der Waals surface area contributed by atoms with Crippen LogP contribution in [0.2, 0.25) is 0 Å². The normalized spacial score (nSPS) is 24.1. The largest absolute Gasteiger partial charge is 0.463 e. The van der Waals surface area contributed by atoms with E-state index in [2.05, 4.69) is 0 Å². The van der Waals surface area contributed by atoms with Gasteiger partial charge in [-0.1, -0.05) is 41.5 Å². The Balaban J connectivity index is 2.65. The number of carbonyl (C=O) groups is 2. The average molecular weight is 327 g/mol. The highest BCUT2D eigenvalue weighted by molar-refractivity contribution is 5.76. The van der Waals surface area contributed by atoms with Crippen molar-refractivity contribution in [1.82, 2.24) is 4.90 Å². The Morgan fingerprint density at radius 3 is 2.17 bits per heavy atom. The first-order valence-electron chi connectivity index (χ1n) is 8.62. The van der Waals surface area contributed by atoms with Crippen LogP contribution in [0.25, 0.3) is 0 Å². The predicted octanol–water partition coefficient (Wildman–Crippen LogP) is 2.61. The topological polar surface area (TPSA) is 66.8 Å². The molecule has 134 valence electrons. The van der Waals surface area contributed by atoms with Gasteiger partial charge in [-0.05, 0) is 18.3 Å². The molecule has 1 fully saturated rings. The monoisotopic (exact) mass is 327 g/mol. The van der Waals surface area contributed by atoms with E-state index in [1.54, 1.807) is 0 Å². The minimum Gasteiger partial charge on any atom is -0.463 e. The minimum absolute atomic E-state index is 0.00222. The fourth-order valence-corrected chi connectivity index (χ4v) is 2.91. The summed E-state index contributed by atoms with van der Waals surface area (Å²) in [5.41, 5.74) is -1.61. The smallest absolute Gasteiger partial charge is 0.306 e. The fourth-order valence-electron chi connectivity index (χ4n) is 2.91. The van der Waals surface area contributed by atoms with Gasteiger partial charge in [0.05, 0.1) is 0 Å². The van der Waals surface area contributed by atoms with Gasteiger partial charge in [0.2, 0.25) is 5.91 Å². The van der Waals surface area contributed by atoms with Crippen LogP contribution in [0.4, 0.5) is 0 Å². The number of esters is 1. The standard InChI is InChI=1S/C18H33NO4/c1-13(2)9-15(20)19-8-7-18(22,17(5,6)11-19)12-23-16(21)10-14(3)4/h13-14,22H,7-12H2,1-6H3. The third-order valence-electron chi connectivity index (χ3n) is 4.62. The molecule has 1 rings (SSSR count). The van der Waals surface area contributed by atoms with Gasteiger partial charge in [0.1, 0.15) is 12.2 Å². The third kappa shape index (κ3) is 5.48. The van der Waals surface area contributed by atoms with Gasteiger partial charge in [0.25, 0.3) is 0 Å². The van der Waals surface area contributed by atoms with E-state index in [4.69, 9.17) is 4.74 Å². The Morgan fingerprint density at radius 1 is 1.13 bits per heavy atom. The van der Waals surface area contributed by atoms with E-state index < -0.39 is 11.0 Å². The summed E-state index contributed by atoms with van der Waals surface area (Å²) in [6.45, 7) is 12.8. The summed E-state index contributed by atoms with van der Waals surface area (Å²) in [4.78, 5) is 25.8. The maximum atomic E-state index is 12.3. The minimum atomic E-state index is -1.09. The Bertz CT molecular complexity index is 431. The molecule has 0 saturated carbocycles. The highest BCUT2D eigenvalue weighted by Gasteiger charge is 2.49. The molecular weight excluding hydrogens is 294 g/mol. The number of hydrogen-bond acceptors (Lipinski definition) is 4. The van der Waals surface area contributed by atoms with Gasteiger partial charge in [-0.2, -0.15) is 0 Å². The van der Waals surface area contributed by atoms with Crippen molar-refractivity contribution in [3.05, 3.63) is 0 Å². The van der Waals surface area contributed by atoms with Gasteiger partial charge in [-0.25, -0.2) is 0 Å². The van der Waals surface area contributed by atoms with Crippen molar-refractivity contribution < 1.29 is 19.4 Å². The van der Waals surface area contributed by atoms with E-state index >= 15 is 0 Å². The molecule has 23 heavy (non-hydrogen) atoms. The SMILES string of the molecule is CC(C)CC(=O)OCC1(O)CCN(C(=O)CC(C)C)CC1(C)C. The van der Waals surface area contributed by atoms with E-state index in [1.807, 2.05) is 46.4 Å². The highest BCUT2D eigenvalue weighted by atomic mass is 16.5. The van der Waals surface area contributed by atoms with Gasteiger partial charge in [0, 0.05) is 31.3 Å². The van der Waals surface area contributed by atoms with Gasteiger partial charge in [-0.15, -0.1) is 0 Å². The second-order valence-electron chi connectivity index (χ2n) is 8.34. The Labute approximate surface area is 140 Å². The molecule has 0 spiro atoms. The first-order chi connectivity index (χ1) is 10.5. The lowest BCUT2D eigenvalue weighted by atomic mass is 9.70. The number of nitrogens with zero attached hydrogens (tertiary/aromatic N) is 1. The van der Waals surface area contributed by atoms with Crippen LogP contribution in [0, 0.1) is 17.3 Å². The molecule has 5 heteroatoms. The van der Waals surface area contributed by atoms with Crippen molar-refractivity contribution >= 4 is 11.9 Å². The molecule has 0 aliphatic carbocycles. The summed E-state index contributed by atoms with van der Waals surface area (Å²) < 4.78 is 5.30. The molecule has 1 amide bonds. The lowest BCUT2D eigenvalue weighted by Gasteiger charge is -2.49. The number of hydrogen-bond donors (Lipinski definition) is 1. The zero-order chi connectivity index (χ0) is 17.8. The predicted molar refractivity (Wildman–Crippen MR) is 89.8 cm³/mol. The van der Waals surface area contributed by atoms with Crippen molar-refractivity contribution in [1.29, 1.82) is 0 Å². The summed E-state index contributed by atoms with van der Waals surface area (Å²) in [6.07, 6.45) is 1.31. The molecule has 0 radical (unpaired) electrons. The lowest BCUT2D eigenvalue weighted by molar-refractivity contribution is -0.178. The van der Waals surface area contributed by atoms with Crippen LogP contribution >= 0.6 is 0 Å². The second kappa shape index (κ2) is 7.65. The Morgan fingerprint density at radius 2 is 1.70 bits per heavy atom. The van der Waals surface area contributed by atoms with Crippen molar-refractivity contribution in [2.75, 3.05) is 19.7 Å². The third-order valence-corrected chi connectivity index (χ3v) is 4.62. The van der Waals surface area contributed by atoms with E-state index in [0.717, 1.165) is 0 Å². The summed E-state index contributed by atoms with van der Waals surface area (Å²) >= 11 is 0. The number of rotatable bonds is 6. The van der Waals surface area contributed by atoms with Gasteiger partial charge < -0.3 is 14.7 Å². The molecular formula is C18H33NO4. The molecule has 1 heterocycles. The molecule has 1 N–H and O–H groups in total. The van der Waals surface area contributed by atoms with Crippen LogP contribution in [-0.2, 0) is 14.3 Å². The van der Waals surface area contributed by atoms with Crippen molar-refractivity contribution in [3.63, 3.8) is 0 Å². The lowest BCUT2D eigenvalue weighted by Crippen LogP contribution is -2.60. The van der Waals surface area contributed by atoms with Crippen LogP contribution in [-0.4, -0.2) is 47.2 Å². The molecule has 5 nitrogen and oxygen atoms in total. The molecule has 1 aliphatic heterocycles. The molecule has 0 aromatic carbocycles. The van der Waals surface area contributed by atoms with Gasteiger partial charge >= 0.3 is 5.97 Å². The van der Waals surface area contributed by atoms with Crippen LogP contribution in [0.15, 0.2) is 0 Å². The van der Waals surface area contributed by atoms with E-state index in [0.29, 0.717) is 38.3 Å². The van der Waals surface area contributed by atoms with Crippen molar-refractivity contribution in [2.24, 2.45) is 17.3 Å². The highest BCUT2D eigenvalue weighted by Crippen LogP contribution is 2.39. The zero-order valence-corrected chi connectivity index (χ0v) is 15.5. The number of amides is 1. The number of likely N-dealkylation sites (tertiary alicyclic amines) is 1. The van der Waals surface area contributed by atoms with E-state index in [1.165, 1.54) is 0 Å². The first kappa shape index (κ1) is 19.9. The summed E-state index contributed by atoms with van der Waals surface area (Å²) in [6, 6.07) is 0. The van der Waals surface area contributed by atoms with Gasteiger partial charge in [-0.3, -0.25) is 9.59 Å². The quantitative estimate of drug-likeness (QED) is 0.762. The zero-order valence-electron chi connectivity index (χ0n) is 15.5. The van der Waals surface area contributed by atoms with E-state index in [9.17, 15) is 14.7 Å². The summed E-state index contributed by atoms with van der Waals surface area (Å²) in [5.74, 6) is 0.415. The van der Waals surface area contributed by atoms with Crippen LogP contribution in [0.5, 0.6) is 0 Å². The maximum absolute atomic E-state index is 12.3. The fraction of sp³-hybridized carbons (Fsp3) is 0.889. The summed E-state index contributed by atoms with van der Waals surface area (Å²) in [5, 5.41) is 10.9. The Hall–Kier alpha value is -1.10.